The van der Waals surface area contributed by atoms with Gasteiger partial charge in [-0.15, -0.1) is 0 Å². The highest BCUT2D eigenvalue weighted by Gasteiger charge is 2.33. The van der Waals surface area contributed by atoms with Gasteiger partial charge in [-0.3, -0.25) is 4.79 Å². The maximum absolute atomic E-state index is 12.4. The van der Waals surface area contributed by atoms with E-state index in [4.69, 9.17) is 9.47 Å². The number of amides is 3. The van der Waals surface area contributed by atoms with E-state index < -0.39 is 0 Å². The Morgan fingerprint density at radius 1 is 1.29 bits per heavy atom. The number of nitrogens with one attached hydrogen (secondary N) is 3. The predicted octanol–water partition coefficient (Wildman–Crippen LogP) is 0.176. The number of quaternary nitrogens is 1. The zero-order chi connectivity index (χ0) is 20.1. The molecule has 8 heteroatoms. The Bertz CT molecular complexity index is 711. The van der Waals surface area contributed by atoms with Crippen molar-refractivity contribution < 1.29 is 24.0 Å². The van der Waals surface area contributed by atoms with E-state index in [-0.39, 0.29) is 24.4 Å². The molecule has 2 saturated heterocycles. The van der Waals surface area contributed by atoms with Gasteiger partial charge >= 0.3 is 6.03 Å². The molecular formula is C20H31N4O4+. The van der Waals surface area contributed by atoms with Crippen LogP contribution in [0.2, 0.25) is 0 Å². The van der Waals surface area contributed by atoms with Crippen molar-refractivity contribution in [3.05, 3.63) is 18.2 Å². The molecule has 1 aromatic carbocycles. The van der Waals surface area contributed by atoms with Crippen molar-refractivity contribution >= 4 is 17.6 Å². The number of benzene rings is 1. The molecule has 154 valence electrons. The molecule has 0 aliphatic carbocycles. The first-order chi connectivity index (χ1) is 13.5. The molecule has 8 nitrogen and oxygen atoms in total. The van der Waals surface area contributed by atoms with Gasteiger partial charge in [-0.2, -0.15) is 0 Å². The quantitative estimate of drug-likeness (QED) is 0.619. The lowest BCUT2D eigenvalue weighted by molar-refractivity contribution is -0.909. The molecule has 0 radical (unpaired) electrons. The lowest BCUT2D eigenvalue weighted by Crippen LogP contribution is -3.14. The molecule has 3 N–H and O–H groups in total. The lowest BCUT2D eigenvalue weighted by atomic mass is 10.2. The van der Waals surface area contributed by atoms with E-state index in [1.807, 2.05) is 6.07 Å². The number of hydrogen-bond donors (Lipinski definition) is 3. The Morgan fingerprint density at radius 2 is 2.07 bits per heavy atom. The predicted molar refractivity (Wildman–Crippen MR) is 106 cm³/mol. The van der Waals surface area contributed by atoms with E-state index in [1.165, 1.54) is 13.0 Å². The minimum absolute atomic E-state index is 0.0186. The largest absolute Gasteiger partial charge is 0.493 e. The van der Waals surface area contributed by atoms with Crippen molar-refractivity contribution in [3.8, 4) is 11.5 Å². The van der Waals surface area contributed by atoms with Crippen LogP contribution in [-0.4, -0.2) is 64.4 Å². The summed E-state index contributed by atoms with van der Waals surface area (Å²) in [5.41, 5.74) is 0.737. The monoisotopic (exact) mass is 391 g/mol. The number of anilines is 1. The van der Waals surface area contributed by atoms with Crippen LogP contribution in [0.15, 0.2) is 18.2 Å². The number of rotatable bonds is 7. The molecule has 3 amide bonds. The number of likely N-dealkylation sites (N-methyl/N-ethyl adjacent to an activating group) is 1. The van der Waals surface area contributed by atoms with Gasteiger partial charge in [0, 0.05) is 37.6 Å². The topological polar surface area (TPSA) is 84.3 Å². The molecule has 0 spiro atoms. The molecule has 1 aromatic rings. The third-order valence-corrected chi connectivity index (χ3v) is 5.73. The highest BCUT2D eigenvalue weighted by atomic mass is 16.5. The average Bonchev–Trinajstić information content (AvgIpc) is 3.31. The van der Waals surface area contributed by atoms with Gasteiger partial charge < -0.3 is 29.9 Å². The first kappa shape index (κ1) is 20.3. The number of carbonyl (C=O) groups is 2. The summed E-state index contributed by atoms with van der Waals surface area (Å²) < 4.78 is 10.6. The van der Waals surface area contributed by atoms with Gasteiger partial charge in [0.05, 0.1) is 39.9 Å². The molecule has 0 bridgehead atoms. The molecule has 0 saturated carbocycles. The van der Waals surface area contributed by atoms with Crippen molar-refractivity contribution in [1.82, 2.24) is 10.6 Å². The number of ether oxygens (including phenoxy) is 2. The molecule has 28 heavy (non-hydrogen) atoms. The molecular weight excluding hydrogens is 360 g/mol. The molecule has 0 aromatic heterocycles. The van der Waals surface area contributed by atoms with Crippen LogP contribution >= 0.6 is 0 Å². The van der Waals surface area contributed by atoms with Crippen LogP contribution in [0.25, 0.3) is 0 Å². The summed E-state index contributed by atoms with van der Waals surface area (Å²) in [6.07, 6.45) is 2.66. The zero-order valence-corrected chi connectivity index (χ0v) is 16.9. The molecule has 2 fully saturated rings. The first-order valence-corrected chi connectivity index (χ1v) is 9.97. The van der Waals surface area contributed by atoms with Crippen molar-refractivity contribution in [1.29, 1.82) is 0 Å². The van der Waals surface area contributed by atoms with E-state index in [2.05, 4.69) is 17.6 Å². The van der Waals surface area contributed by atoms with Crippen molar-refractivity contribution in [2.45, 2.75) is 38.3 Å². The Balaban J connectivity index is 1.53. The van der Waals surface area contributed by atoms with Crippen LogP contribution in [0.1, 0.15) is 26.2 Å². The average molecular weight is 391 g/mol. The van der Waals surface area contributed by atoms with E-state index in [1.54, 1.807) is 36.2 Å². The minimum atomic E-state index is -0.209. The fourth-order valence-electron chi connectivity index (χ4n) is 4.19. The van der Waals surface area contributed by atoms with Gasteiger partial charge in [0.15, 0.2) is 11.5 Å². The van der Waals surface area contributed by atoms with Gasteiger partial charge in [0.25, 0.3) is 0 Å². The van der Waals surface area contributed by atoms with Crippen molar-refractivity contribution in [3.63, 3.8) is 0 Å². The van der Waals surface area contributed by atoms with Crippen LogP contribution < -0.4 is 29.9 Å². The highest BCUT2D eigenvalue weighted by Crippen LogP contribution is 2.33. The summed E-state index contributed by atoms with van der Waals surface area (Å²) in [5.74, 6) is 1.17. The summed E-state index contributed by atoms with van der Waals surface area (Å²) in [6.45, 7) is 5.57. The van der Waals surface area contributed by atoms with Crippen LogP contribution in [-0.2, 0) is 4.79 Å². The van der Waals surface area contributed by atoms with Gasteiger partial charge in [0.2, 0.25) is 5.91 Å². The van der Waals surface area contributed by atoms with Crippen molar-refractivity contribution in [2.75, 3.05) is 45.3 Å². The van der Waals surface area contributed by atoms with Gasteiger partial charge in [-0.1, -0.05) is 0 Å². The van der Waals surface area contributed by atoms with Crippen molar-refractivity contribution in [2.24, 2.45) is 0 Å². The normalized spacial score (nSPS) is 24.3. The summed E-state index contributed by atoms with van der Waals surface area (Å²) in [6, 6.07) is 5.46. The van der Waals surface area contributed by atoms with Crippen LogP contribution in [0.3, 0.4) is 0 Å². The number of carbonyl (C=O) groups excluding carboxylic acids is 2. The third kappa shape index (κ3) is 4.49. The maximum atomic E-state index is 12.4. The number of nitrogens with zero attached hydrogens (tertiary/aromatic N) is 1. The van der Waals surface area contributed by atoms with Gasteiger partial charge in [0.1, 0.15) is 6.04 Å². The smallest absolute Gasteiger partial charge is 0.315 e. The van der Waals surface area contributed by atoms with E-state index in [9.17, 15) is 9.59 Å². The Hall–Kier alpha value is -2.48. The molecule has 3 rings (SSSR count). The molecule has 1 unspecified atom stereocenters. The first-order valence-electron chi connectivity index (χ1n) is 9.97. The Kier molecular flexibility index (Phi) is 6.61. The maximum Gasteiger partial charge on any atom is 0.315 e. The SMILES string of the molecule is CC[NH+]1CCC[C@@H]1CNC(=O)N[C@@H]1CC(=O)N(c2ccc(OC)c(OC)c2)C1. The zero-order valence-electron chi connectivity index (χ0n) is 16.9. The standard InChI is InChI=1S/C20H30N4O4/c1-4-23-9-5-6-16(23)12-21-20(26)22-14-10-19(25)24(13-14)15-7-8-17(27-2)18(11-15)28-3/h7-8,11,14,16H,4-6,9-10,12-13H2,1-3H3,(H2,21,22,26)/p+1/t14-,16-/m1/s1. The molecule has 3 atom stereocenters. The van der Waals surface area contributed by atoms with Crippen LogP contribution in [0.5, 0.6) is 11.5 Å². The summed E-state index contributed by atoms with van der Waals surface area (Å²) in [7, 11) is 3.14. The summed E-state index contributed by atoms with van der Waals surface area (Å²) in [4.78, 5) is 28.0. The minimum Gasteiger partial charge on any atom is -0.493 e. The van der Waals surface area contributed by atoms with E-state index in [0.29, 0.717) is 30.6 Å². The second-order valence-electron chi connectivity index (χ2n) is 7.40. The second-order valence-corrected chi connectivity index (χ2v) is 7.40. The number of likely N-dealkylation sites (tertiary alicyclic amines) is 1. The van der Waals surface area contributed by atoms with Gasteiger partial charge in [-0.05, 0) is 19.1 Å². The fourth-order valence-corrected chi connectivity index (χ4v) is 4.19. The molecule has 2 heterocycles. The van der Waals surface area contributed by atoms with E-state index in [0.717, 1.165) is 18.7 Å². The molecule has 2 aliphatic rings. The number of urea groups is 1. The molecule has 2 aliphatic heterocycles. The second kappa shape index (κ2) is 9.14. The van der Waals surface area contributed by atoms with Crippen LogP contribution in [0.4, 0.5) is 10.5 Å². The van der Waals surface area contributed by atoms with E-state index >= 15 is 0 Å². The van der Waals surface area contributed by atoms with Gasteiger partial charge in [-0.25, -0.2) is 4.79 Å². The van der Waals surface area contributed by atoms with Crippen LogP contribution in [0, 0.1) is 0 Å². The summed E-state index contributed by atoms with van der Waals surface area (Å²) >= 11 is 0. The summed E-state index contributed by atoms with van der Waals surface area (Å²) in [5, 5.41) is 5.92. The third-order valence-electron chi connectivity index (χ3n) is 5.73. The lowest BCUT2D eigenvalue weighted by Gasteiger charge is -2.21. The highest BCUT2D eigenvalue weighted by molar-refractivity contribution is 5.97. The Labute approximate surface area is 166 Å². The number of methoxy groups -OCH3 is 2. The Morgan fingerprint density at radius 3 is 2.79 bits per heavy atom. The fraction of sp³-hybridized carbons (Fsp3) is 0.600. The number of hydrogen-bond acceptors (Lipinski definition) is 4.